The molecule has 5 rings (SSSR count). The van der Waals surface area contributed by atoms with Crippen LogP contribution in [0.25, 0.3) is 0 Å². The summed E-state index contributed by atoms with van der Waals surface area (Å²) in [4.78, 5) is 25.3. The lowest BCUT2D eigenvalue weighted by Gasteiger charge is -2.64. The molecule has 0 aromatic rings. The second kappa shape index (κ2) is 8.51. The molecular weight excluding hydrogens is 432 g/mol. The highest BCUT2D eigenvalue weighted by atomic mass is 16.5. The SMILES string of the molecule is C[C@]12CC[C@H](N(CCCN)C(=O)O)C[C@H]1CC[C@@H]1[C@@H]2CC[C@]2(C)[C@@H](C3=CC(=O)OC3)CC[C@]12O. The summed E-state index contributed by atoms with van der Waals surface area (Å²) in [6.45, 7) is 6.11. The third kappa shape index (κ3) is 3.44. The van der Waals surface area contributed by atoms with Gasteiger partial charge in [0, 0.05) is 24.1 Å². The van der Waals surface area contributed by atoms with Gasteiger partial charge in [0.25, 0.3) is 0 Å². The van der Waals surface area contributed by atoms with Crippen molar-refractivity contribution in [3.63, 3.8) is 0 Å². The number of rotatable bonds is 5. The number of nitrogens with two attached hydrogens (primary N) is 1. The van der Waals surface area contributed by atoms with E-state index in [0.29, 0.717) is 38.0 Å². The van der Waals surface area contributed by atoms with Crippen LogP contribution in [-0.4, -0.2) is 58.5 Å². The monoisotopic (exact) mass is 474 g/mol. The second-order valence-corrected chi connectivity index (χ2v) is 12.3. The lowest BCUT2D eigenvalue weighted by Crippen LogP contribution is -2.63. The number of esters is 1. The van der Waals surface area contributed by atoms with Gasteiger partial charge in [0.1, 0.15) is 6.61 Å². The van der Waals surface area contributed by atoms with E-state index >= 15 is 0 Å². The average molecular weight is 475 g/mol. The van der Waals surface area contributed by atoms with E-state index in [4.69, 9.17) is 10.5 Å². The van der Waals surface area contributed by atoms with Crippen molar-refractivity contribution in [2.24, 2.45) is 40.2 Å². The zero-order chi connectivity index (χ0) is 24.3. The fraction of sp³-hybridized carbons (Fsp3) is 0.852. The van der Waals surface area contributed by atoms with E-state index in [-0.39, 0.29) is 34.7 Å². The predicted molar refractivity (Wildman–Crippen MR) is 128 cm³/mol. The summed E-state index contributed by atoms with van der Waals surface area (Å²) < 4.78 is 5.23. The molecule has 4 saturated carbocycles. The molecule has 0 aromatic heterocycles. The molecule has 7 heteroatoms. The van der Waals surface area contributed by atoms with E-state index < -0.39 is 11.7 Å². The summed E-state index contributed by atoms with van der Waals surface area (Å²) >= 11 is 0. The van der Waals surface area contributed by atoms with Gasteiger partial charge in [-0.3, -0.25) is 0 Å². The van der Waals surface area contributed by atoms with Crippen molar-refractivity contribution in [3.05, 3.63) is 11.6 Å². The van der Waals surface area contributed by atoms with Crippen molar-refractivity contribution in [2.75, 3.05) is 19.7 Å². The molecule has 4 N–H and O–H groups in total. The Morgan fingerprint density at radius 1 is 1.15 bits per heavy atom. The predicted octanol–water partition coefficient (Wildman–Crippen LogP) is 3.94. The molecule has 1 heterocycles. The molecule has 7 nitrogen and oxygen atoms in total. The Morgan fingerprint density at radius 2 is 1.94 bits per heavy atom. The minimum atomic E-state index is -0.820. The molecule has 0 unspecified atom stereocenters. The number of ether oxygens (including phenoxy) is 1. The number of hydrogen-bond donors (Lipinski definition) is 3. The molecule has 0 aromatic carbocycles. The van der Waals surface area contributed by atoms with Gasteiger partial charge < -0.3 is 25.6 Å². The number of carboxylic acid groups (broad SMARTS) is 1. The van der Waals surface area contributed by atoms with E-state index in [9.17, 15) is 19.8 Å². The number of amides is 1. The van der Waals surface area contributed by atoms with Crippen LogP contribution in [0.3, 0.4) is 0 Å². The first-order valence-corrected chi connectivity index (χ1v) is 13.4. The van der Waals surface area contributed by atoms with Crippen LogP contribution >= 0.6 is 0 Å². The Balaban J connectivity index is 1.35. The lowest BCUT2D eigenvalue weighted by molar-refractivity contribution is -0.206. The quantitative estimate of drug-likeness (QED) is 0.520. The molecule has 1 amide bonds. The summed E-state index contributed by atoms with van der Waals surface area (Å²) in [7, 11) is 0. The molecule has 5 aliphatic rings. The molecule has 0 radical (unpaired) electrons. The van der Waals surface area contributed by atoms with Gasteiger partial charge in [-0.25, -0.2) is 9.59 Å². The smallest absolute Gasteiger partial charge is 0.407 e. The number of cyclic esters (lactones) is 1. The highest BCUT2D eigenvalue weighted by Gasteiger charge is 2.67. The van der Waals surface area contributed by atoms with E-state index in [1.807, 2.05) is 0 Å². The van der Waals surface area contributed by atoms with E-state index in [0.717, 1.165) is 63.4 Å². The molecule has 1 aliphatic heterocycles. The van der Waals surface area contributed by atoms with Gasteiger partial charge in [-0.2, -0.15) is 0 Å². The molecule has 190 valence electrons. The first-order valence-electron chi connectivity index (χ1n) is 13.4. The maximum Gasteiger partial charge on any atom is 0.407 e. The van der Waals surface area contributed by atoms with Gasteiger partial charge in [-0.15, -0.1) is 0 Å². The number of nitrogens with zero attached hydrogens (tertiary/aromatic N) is 1. The first-order chi connectivity index (χ1) is 16.1. The summed E-state index contributed by atoms with van der Waals surface area (Å²) in [6.07, 6.45) is 10.3. The highest BCUT2D eigenvalue weighted by Crippen LogP contribution is 2.70. The minimum Gasteiger partial charge on any atom is -0.465 e. The Hall–Kier alpha value is -1.60. The Labute approximate surface area is 203 Å². The molecule has 0 spiro atoms. The summed E-state index contributed by atoms with van der Waals surface area (Å²) in [5, 5.41) is 22.1. The van der Waals surface area contributed by atoms with Crippen LogP contribution in [0.1, 0.15) is 78.1 Å². The van der Waals surface area contributed by atoms with Gasteiger partial charge in [-0.1, -0.05) is 13.8 Å². The number of carbonyl (C=O) groups is 2. The van der Waals surface area contributed by atoms with Crippen molar-refractivity contribution in [3.8, 4) is 0 Å². The fourth-order valence-corrected chi connectivity index (χ4v) is 9.37. The summed E-state index contributed by atoms with van der Waals surface area (Å²) in [6, 6.07) is 0.0818. The molecule has 4 aliphatic carbocycles. The maximum absolute atomic E-state index is 12.3. The fourth-order valence-electron chi connectivity index (χ4n) is 9.37. The van der Waals surface area contributed by atoms with Crippen LogP contribution in [0.2, 0.25) is 0 Å². The molecule has 0 saturated heterocycles. The van der Waals surface area contributed by atoms with E-state index in [2.05, 4.69) is 13.8 Å². The standard InChI is InChI=1S/C27H42N2O5/c1-25-9-6-19(29(24(31)32)13-3-12-28)15-18(25)4-5-22-21(25)7-10-26(2)20(8-11-27(22,26)33)17-14-23(30)34-16-17/h14,18-22,33H,3-13,15-16,28H2,1-2H3,(H,31,32)/t18-,19+,20-,21+,22-,25+,26-,27+/m1/s1. The highest BCUT2D eigenvalue weighted by molar-refractivity contribution is 5.85. The first kappa shape index (κ1) is 24.1. The normalized spacial score (nSPS) is 45.6. The third-order valence-electron chi connectivity index (χ3n) is 11.2. The van der Waals surface area contributed by atoms with Crippen LogP contribution in [0, 0.1) is 34.5 Å². The van der Waals surface area contributed by atoms with Crippen molar-refractivity contribution >= 4 is 12.1 Å². The summed E-state index contributed by atoms with van der Waals surface area (Å²) in [5.74, 6) is 1.23. The zero-order valence-electron chi connectivity index (χ0n) is 20.8. The Kier molecular flexibility index (Phi) is 6.03. The van der Waals surface area contributed by atoms with Gasteiger partial charge in [0.2, 0.25) is 0 Å². The molecule has 0 bridgehead atoms. The van der Waals surface area contributed by atoms with Crippen LogP contribution in [0.15, 0.2) is 11.6 Å². The van der Waals surface area contributed by atoms with E-state index in [1.54, 1.807) is 11.0 Å². The van der Waals surface area contributed by atoms with Gasteiger partial charge in [0.15, 0.2) is 0 Å². The largest absolute Gasteiger partial charge is 0.465 e. The van der Waals surface area contributed by atoms with Gasteiger partial charge in [-0.05, 0) is 105 Å². The molecule has 8 atom stereocenters. The van der Waals surface area contributed by atoms with Gasteiger partial charge >= 0.3 is 12.1 Å². The van der Waals surface area contributed by atoms with Crippen molar-refractivity contribution in [1.82, 2.24) is 4.90 Å². The van der Waals surface area contributed by atoms with Crippen LogP contribution < -0.4 is 5.73 Å². The molecular formula is C27H42N2O5. The minimum absolute atomic E-state index is 0.0818. The number of hydrogen-bond acceptors (Lipinski definition) is 5. The third-order valence-corrected chi connectivity index (χ3v) is 11.2. The zero-order valence-corrected chi connectivity index (χ0v) is 20.8. The summed E-state index contributed by atoms with van der Waals surface area (Å²) in [5.41, 5.74) is 5.97. The topological polar surface area (TPSA) is 113 Å². The van der Waals surface area contributed by atoms with Crippen molar-refractivity contribution in [2.45, 2.75) is 89.7 Å². The van der Waals surface area contributed by atoms with Crippen LogP contribution in [0.5, 0.6) is 0 Å². The second-order valence-electron chi connectivity index (χ2n) is 12.3. The molecule has 34 heavy (non-hydrogen) atoms. The van der Waals surface area contributed by atoms with Crippen molar-refractivity contribution in [1.29, 1.82) is 0 Å². The Morgan fingerprint density at radius 3 is 2.62 bits per heavy atom. The maximum atomic E-state index is 12.3. The van der Waals surface area contributed by atoms with Crippen LogP contribution in [-0.2, 0) is 9.53 Å². The van der Waals surface area contributed by atoms with Crippen LogP contribution in [0.4, 0.5) is 4.79 Å². The number of aliphatic hydroxyl groups is 1. The average Bonchev–Trinajstić information content (AvgIpc) is 3.34. The lowest BCUT2D eigenvalue weighted by atomic mass is 9.43. The molecule has 4 fully saturated rings. The van der Waals surface area contributed by atoms with Gasteiger partial charge in [0.05, 0.1) is 5.60 Å². The number of fused-ring (bicyclic) bond motifs is 5. The van der Waals surface area contributed by atoms with Crippen molar-refractivity contribution < 1.29 is 24.5 Å². The Bertz CT molecular complexity index is 875. The van der Waals surface area contributed by atoms with E-state index in [1.165, 1.54) is 0 Å². The number of carbonyl (C=O) groups excluding carboxylic acids is 1.